The SMILES string of the molecule is C#CCOc1cc(OC)ccc1/C=C1\C(=O)NC(=O)N(c2ccc(C)c(C)c2)C1=O. The number of hydrogen-bond acceptors (Lipinski definition) is 5. The highest BCUT2D eigenvalue weighted by molar-refractivity contribution is 6.39. The van der Waals surface area contributed by atoms with Gasteiger partial charge in [-0.1, -0.05) is 12.0 Å². The number of nitrogens with zero attached hydrogens (tertiary/aromatic N) is 1. The fourth-order valence-electron chi connectivity index (χ4n) is 2.92. The van der Waals surface area contributed by atoms with Crippen LogP contribution in [0.4, 0.5) is 10.5 Å². The van der Waals surface area contributed by atoms with E-state index in [-0.39, 0.29) is 12.2 Å². The molecule has 7 heteroatoms. The summed E-state index contributed by atoms with van der Waals surface area (Å²) in [5.41, 5.74) is 2.54. The molecule has 1 N–H and O–H groups in total. The highest BCUT2D eigenvalue weighted by Gasteiger charge is 2.37. The van der Waals surface area contributed by atoms with Gasteiger partial charge in [0.2, 0.25) is 0 Å². The molecule has 7 nitrogen and oxygen atoms in total. The van der Waals surface area contributed by atoms with Crippen LogP contribution in [0, 0.1) is 26.2 Å². The first kappa shape index (κ1) is 20.7. The molecule has 3 rings (SSSR count). The third-order valence-electron chi connectivity index (χ3n) is 4.68. The van der Waals surface area contributed by atoms with E-state index >= 15 is 0 Å². The number of hydrogen-bond donors (Lipinski definition) is 1. The van der Waals surface area contributed by atoms with E-state index in [2.05, 4.69) is 11.2 Å². The Morgan fingerprint density at radius 2 is 1.87 bits per heavy atom. The van der Waals surface area contributed by atoms with Gasteiger partial charge in [-0.15, -0.1) is 6.42 Å². The Balaban J connectivity index is 2.04. The number of imide groups is 2. The lowest BCUT2D eigenvalue weighted by Gasteiger charge is -2.27. The average molecular weight is 404 g/mol. The summed E-state index contributed by atoms with van der Waals surface area (Å²) in [5.74, 6) is 1.71. The van der Waals surface area contributed by atoms with E-state index in [1.165, 1.54) is 13.2 Å². The molecule has 0 saturated carbocycles. The molecule has 1 aliphatic rings. The quantitative estimate of drug-likeness (QED) is 0.471. The van der Waals surface area contributed by atoms with Gasteiger partial charge >= 0.3 is 6.03 Å². The molecule has 2 aromatic carbocycles. The standard InChI is InChI=1S/C23H20N2O5/c1-5-10-30-20-13-18(29-4)9-7-16(20)12-19-21(26)24-23(28)25(22(19)27)17-8-6-14(2)15(3)11-17/h1,6-9,11-13H,10H2,2-4H3,(H,24,26,28)/b19-12+. The molecule has 30 heavy (non-hydrogen) atoms. The van der Waals surface area contributed by atoms with Gasteiger partial charge in [-0.3, -0.25) is 14.9 Å². The number of benzene rings is 2. The molecule has 1 aliphatic heterocycles. The molecule has 1 saturated heterocycles. The molecule has 0 atom stereocenters. The maximum Gasteiger partial charge on any atom is 0.335 e. The third-order valence-corrected chi connectivity index (χ3v) is 4.68. The van der Waals surface area contributed by atoms with Gasteiger partial charge in [-0.2, -0.15) is 0 Å². The van der Waals surface area contributed by atoms with Crippen molar-refractivity contribution >= 4 is 29.6 Å². The summed E-state index contributed by atoms with van der Waals surface area (Å²) < 4.78 is 10.7. The molecule has 152 valence electrons. The molecule has 4 amide bonds. The van der Waals surface area contributed by atoms with Crippen LogP contribution in [0.1, 0.15) is 16.7 Å². The minimum absolute atomic E-state index is 0.00324. The van der Waals surface area contributed by atoms with Crippen molar-refractivity contribution in [3.63, 3.8) is 0 Å². The van der Waals surface area contributed by atoms with Crippen LogP contribution in [0.5, 0.6) is 11.5 Å². The zero-order valence-corrected chi connectivity index (χ0v) is 16.8. The predicted molar refractivity (Wildman–Crippen MR) is 112 cm³/mol. The van der Waals surface area contributed by atoms with E-state index < -0.39 is 17.8 Å². The fourth-order valence-corrected chi connectivity index (χ4v) is 2.92. The van der Waals surface area contributed by atoms with E-state index in [9.17, 15) is 14.4 Å². The minimum atomic E-state index is -0.802. The highest BCUT2D eigenvalue weighted by Crippen LogP contribution is 2.29. The number of barbiturate groups is 1. The number of carbonyl (C=O) groups excluding carboxylic acids is 3. The number of amides is 4. The van der Waals surface area contributed by atoms with Crippen molar-refractivity contribution in [2.24, 2.45) is 0 Å². The monoisotopic (exact) mass is 404 g/mol. The first-order chi connectivity index (χ1) is 14.3. The number of methoxy groups -OCH3 is 1. The fraction of sp³-hybridized carbons (Fsp3) is 0.174. The smallest absolute Gasteiger partial charge is 0.335 e. The largest absolute Gasteiger partial charge is 0.497 e. The van der Waals surface area contributed by atoms with Crippen LogP contribution in [0.3, 0.4) is 0 Å². The molecular weight excluding hydrogens is 384 g/mol. The highest BCUT2D eigenvalue weighted by atomic mass is 16.5. The van der Waals surface area contributed by atoms with E-state index in [0.29, 0.717) is 22.7 Å². The van der Waals surface area contributed by atoms with Gasteiger partial charge in [0.05, 0.1) is 12.8 Å². The molecule has 2 aromatic rings. The van der Waals surface area contributed by atoms with Crippen LogP contribution in [-0.2, 0) is 9.59 Å². The van der Waals surface area contributed by atoms with Gasteiger partial charge in [-0.05, 0) is 55.3 Å². The molecule has 0 spiro atoms. The number of nitrogens with one attached hydrogen (secondary N) is 1. The summed E-state index contributed by atoms with van der Waals surface area (Å²) in [5, 5.41) is 2.21. The average Bonchev–Trinajstić information content (AvgIpc) is 2.72. The number of anilines is 1. The second kappa shape index (κ2) is 8.53. The van der Waals surface area contributed by atoms with Crippen molar-refractivity contribution in [1.82, 2.24) is 5.32 Å². The lowest BCUT2D eigenvalue weighted by atomic mass is 10.0. The summed E-state index contributed by atoms with van der Waals surface area (Å²) in [6, 6.07) is 9.27. The second-order valence-corrected chi connectivity index (χ2v) is 6.62. The Kier molecular flexibility index (Phi) is 5.88. The van der Waals surface area contributed by atoms with Gasteiger partial charge in [0.25, 0.3) is 11.8 Å². The lowest BCUT2D eigenvalue weighted by molar-refractivity contribution is -0.122. The zero-order chi connectivity index (χ0) is 21.8. The summed E-state index contributed by atoms with van der Waals surface area (Å²) in [4.78, 5) is 38.8. The number of ether oxygens (including phenoxy) is 2. The summed E-state index contributed by atoms with van der Waals surface area (Å²) in [7, 11) is 1.50. The van der Waals surface area contributed by atoms with Gasteiger partial charge in [0.1, 0.15) is 23.7 Å². The molecule has 0 unspecified atom stereocenters. The Bertz CT molecular complexity index is 1110. The molecule has 0 radical (unpaired) electrons. The number of aryl methyl sites for hydroxylation is 2. The number of terminal acetylenes is 1. The molecule has 0 bridgehead atoms. The summed E-state index contributed by atoms with van der Waals surface area (Å²) in [6.45, 7) is 3.80. The Labute approximate surface area is 174 Å². The van der Waals surface area contributed by atoms with Crippen molar-refractivity contribution in [1.29, 1.82) is 0 Å². The predicted octanol–water partition coefficient (Wildman–Crippen LogP) is 2.99. The topological polar surface area (TPSA) is 84.9 Å². The Morgan fingerprint density at radius 1 is 1.10 bits per heavy atom. The van der Waals surface area contributed by atoms with Gasteiger partial charge in [0.15, 0.2) is 0 Å². The molecular formula is C23H20N2O5. The van der Waals surface area contributed by atoms with Gasteiger partial charge < -0.3 is 9.47 Å². The maximum absolute atomic E-state index is 13.1. The lowest BCUT2D eigenvalue weighted by Crippen LogP contribution is -2.54. The molecule has 1 fully saturated rings. The summed E-state index contributed by atoms with van der Waals surface area (Å²) in [6.07, 6.45) is 6.63. The third kappa shape index (κ3) is 4.03. The summed E-state index contributed by atoms with van der Waals surface area (Å²) >= 11 is 0. The van der Waals surface area contributed by atoms with Gasteiger partial charge in [-0.25, -0.2) is 9.69 Å². The Hall–Kier alpha value is -4.05. The zero-order valence-electron chi connectivity index (χ0n) is 16.8. The van der Waals surface area contributed by atoms with E-state index in [4.69, 9.17) is 15.9 Å². The normalized spacial score (nSPS) is 15.1. The van der Waals surface area contributed by atoms with Crippen molar-refractivity contribution in [2.45, 2.75) is 13.8 Å². The van der Waals surface area contributed by atoms with E-state index in [0.717, 1.165) is 16.0 Å². The first-order valence-corrected chi connectivity index (χ1v) is 9.08. The van der Waals surface area contributed by atoms with Gasteiger partial charge in [0, 0.05) is 11.6 Å². The minimum Gasteiger partial charge on any atom is -0.497 e. The van der Waals surface area contributed by atoms with Crippen LogP contribution in [0.2, 0.25) is 0 Å². The first-order valence-electron chi connectivity index (χ1n) is 9.08. The number of carbonyl (C=O) groups is 3. The van der Waals surface area contributed by atoms with Crippen LogP contribution < -0.4 is 19.7 Å². The van der Waals surface area contributed by atoms with Crippen molar-refractivity contribution in [3.8, 4) is 23.8 Å². The molecule has 0 aliphatic carbocycles. The van der Waals surface area contributed by atoms with Crippen LogP contribution in [0.25, 0.3) is 6.08 Å². The van der Waals surface area contributed by atoms with Crippen LogP contribution in [0.15, 0.2) is 42.0 Å². The van der Waals surface area contributed by atoms with E-state index in [1.54, 1.807) is 36.4 Å². The number of urea groups is 1. The Morgan fingerprint density at radius 3 is 2.53 bits per heavy atom. The maximum atomic E-state index is 13.1. The van der Waals surface area contributed by atoms with Crippen molar-refractivity contribution in [2.75, 3.05) is 18.6 Å². The molecule has 1 heterocycles. The van der Waals surface area contributed by atoms with Crippen LogP contribution in [-0.4, -0.2) is 31.6 Å². The van der Waals surface area contributed by atoms with Crippen molar-refractivity contribution < 1.29 is 23.9 Å². The van der Waals surface area contributed by atoms with Crippen LogP contribution >= 0.6 is 0 Å². The second-order valence-electron chi connectivity index (χ2n) is 6.62. The molecule has 0 aromatic heterocycles. The van der Waals surface area contributed by atoms with Crippen molar-refractivity contribution in [3.05, 3.63) is 58.7 Å². The van der Waals surface area contributed by atoms with E-state index in [1.807, 2.05) is 13.8 Å². The number of rotatable bonds is 5.